The predicted octanol–water partition coefficient (Wildman–Crippen LogP) is 0.942. The van der Waals surface area contributed by atoms with E-state index in [4.69, 9.17) is 10.4 Å². The molecule has 0 bridgehead atoms. The van der Waals surface area contributed by atoms with Crippen LogP contribution in [0.1, 0.15) is 0 Å². The summed E-state index contributed by atoms with van der Waals surface area (Å²) in [6, 6.07) is 1.16. The number of carboxylic acid groups (broad SMARTS) is 1. The van der Waals surface area contributed by atoms with Gasteiger partial charge in [-0.1, -0.05) is 6.08 Å². The summed E-state index contributed by atoms with van der Waals surface area (Å²) in [5.41, 5.74) is 0. The molecule has 0 saturated carbocycles. The van der Waals surface area contributed by atoms with Gasteiger partial charge in [0.05, 0.1) is 6.07 Å². The zero-order valence-electron chi connectivity index (χ0n) is 5.64. The fourth-order valence-electron chi connectivity index (χ4n) is 0.785. The van der Waals surface area contributed by atoms with Crippen molar-refractivity contribution in [3.05, 3.63) is 24.4 Å². The van der Waals surface area contributed by atoms with E-state index in [-0.39, 0.29) is 0 Å². The lowest BCUT2D eigenvalue weighted by molar-refractivity contribution is 0.160. The van der Waals surface area contributed by atoms with Crippen molar-refractivity contribution in [2.75, 3.05) is 0 Å². The molecule has 1 atom stereocenters. The van der Waals surface area contributed by atoms with Crippen LogP contribution in [0.4, 0.5) is 4.79 Å². The Bertz CT molecular complexity index is 262. The van der Waals surface area contributed by atoms with Gasteiger partial charge in [-0.2, -0.15) is 5.26 Å². The van der Waals surface area contributed by atoms with Crippen LogP contribution in [0, 0.1) is 11.3 Å². The second-order valence-electron chi connectivity index (χ2n) is 1.99. The Morgan fingerprint density at radius 1 is 1.64 bits per heavy atom. The molecule has 0 aromatic heterocycles. The summed E-state index contributed by atoms with van der Waals surface area (Å²) in [6.07, 6.45) is 4.98. The van der Waals surface area contributed by atoms with Crippen LogP contribution in [0.25, 0.3) is 0 Å². The van der Waals surface area contributed by atoms with E-state index in [1.54, 1.807) is 12.2 Å². The minimum Gasteiger partial charge on any atom is -0.465 e. The van der Waals surface area contributed by atoms with Gasteiger partial charge < -0.3 is 5.11 Å². The van der Waals surface area contributed by atoms with E-state index >= 15 is 0 Å². The lowest BCUT2D eigenvalue weighted by Crippen LogP contribution is -2.33. The number of rotatable bonds is 0. The predicted molar refractivity (Wildman–Crippen MR) is 37.5 cm³/mol. The highest BCUT2D eigenvalue weighted by Crippen LogP contribution is 2.06. The van der Waals surface area contributed by atoms with Crippen molar-refractivity contribution >= 4 is 6.09 Å². The van der Waals surface area contributed by atoms with Crippen LogP contribution in [0.3, 0.4) is 0 Å². The summed E-state index contributed by atoms with van der Waals surface area (Å²) in [6.45, 7) is 0. The van der Waals surface area contributed by atoms with Gasteiger partial charge in [0.1, 0.15) is 6.04 Å². The van der Waals surface area contributed by atoms with Crippen molar-refractivity contribution in [2.45, 2.75) is 6.04 Å². The van der Waals surface area contributed by atoms with Gasteiger partial charge in [0.15, 0.2) is 0 Å². The second kappa shape index (κ2) is 2.88. The Kier molecular flexibility index (Phi) is 1.93. The highest BCUT2D eigenvalue weighted by atomic mass is 16.4. The van der Waals surface area contributed by atoms with Gasteiger partial charge in [-0.05, 0) is 12.2 Å². The maximum atomic E-state index is 10.4. The smallest absolute Gasteiger partial charge is 0.412 e. The zero-order chi connectivity index (χ0) is 8.27. The van der Waals surface area contributed by atoms with E-state index in [1.165, 1.54) is 12.3 Å². The van der Waals surface area contributed by atoms with E-state index in [2.05, 4.69) is 0 Å². The number of hydrogen-bond acceptors (Lipinski definition) is 2. The maximum absolute atomic E-state index is 10.4. The van der Waals surface area contributed by atoms with Crippen molar-refractivity contribution in [3.63, 3.8) is 0 Å². The van der Waals surface area contributed by atoms with Crippen LogP contribution in [0.5, 0.6) is 0 Å². The van der Waals surface area contributed by atoms with Gasteiger partial charge in [-0.15, -0.1) is 0 Å². The van der Waals surface area contributed by atoms with Crippen molar-refractivity contribution in [1.82, 2.24) is 4.90 Å². The van der Waals surface area contributed by atoms with Crippen molar-refractivity contribution in [3.8, 4) is 6.07 Å². The Balaban J connectivity index is 2.81. The molecule has 1 aliphatic rings. The third kappa shape index (κ3) is 1.38. The van der Waals surface area contributed by atoms with Crippen LogP contribution in [-0.4, -0.2) is 22.1 Å². The van der Waals surface area contributed by atoms with Gasteiger partial charge in [0.2, 0.25) is 0 Å². The van der Waals surface area contributed by atoms with E-state index in [0.29, 0.717) is 0 Å². The summed E-state index contributed by atoms with van der Waals surface area (Å²) < 4.78 is 0. The first-order valence-corrected chi connectivity index (χ1v) is 3.01. The number of hydrogen-bond donors (Lipinski definition) is 1. The normalized spacial score (nSPS) is 21.4. The third-order valence-corrected chi connectivity index (χ3v) is 1.30. The Morgan fingerprint density at radius 3 is 2.82 bits per heavy atom. The molecule has 0 aromatic rings. The van der Waals surface area contributed by atoms with E-state index in [0.717, 1.165) is 4.90 Å². The molecular formula is C7H6N2O2. The lowest BCUT2D eigenvalue weighted by atomic mass is 10.2. The number of carbonyl (C=O) groups is 1. The Hall–Kier alpha value is -1.76. The molecule has 0 spiro atoms. The molecule has 56 valence electrons. The fourth-order valence-corrected chi connectivity index (χ4v) is 0.785. The van der Waals surface area contributed by atoms with Gasteiger partial charge >= 0.3 is 6.09 Å². The average Bonchev–Trinajstić information content (AvgIpc) is 2.04. The van der Waals surface area contributed by atoms with Crippen molar-refractivity contribution < 1.29 is 9.90 Å². The largest absolute Gasteiger partial charge is 0.465 e. The van der Waals surface area contributed by atoms with Gasteiger partial charge in [0.25, 0.3) is 0 Å². The molecule has 1 rings (SSSR count). The van der Waals surface area contributed by atoms with Crippen LogP contribution in [0.2, 0.25) is 0 Å². The number of amides is 1. The zero-order valence-corrected chi connectivity index (χ0v) is 5.64. The summed E-state index contributed by atoms with van der Waals surface area (Å²) in [5.74, 6) is 0. The first kappa shape index (κ1) is 7.35. The molecule has 4 heteroatoms. The molecule has 0 saturated heterocycles. The van der Waals surface area contributed by atoms with E-state index < -0.39 is 12.1 Å². The quantitative estimate of drug-likeness (QED) is 0.558. The molecule has 0 aliphatic carbocycles. The van der Waals surface area contributed by atoms with Gasteiger partial charge in [0, 0.05) is 6.20 Å². The Labute approximate surface area is 63.7 Å². The molecular weight excluding hydrogens is 144 g/mol. The lowest BCUT2D eigenvalue weighted by Gasteiger charge is -2.19. The van der Waals surface area contributed by atoms with Crippen LogP contribution < -0.4 is 0 Å². The number of nitriles is 1. The maximum Gasteiger partial charge on any atom is 0.412 e. The molecule has 1 heterocycles. The first-order chi connectivity index (χ1) is 5.25. The molecule has 0 radical (unpaired) electrons. The molecule has 11 heavy (non-hydrogen) atoms. The second-order valence-corrected chi connectivity index (χ2v) is 1.99. The van der Waals surface area contributed by atoms with Crippen LogP contribution >= 0.6 is 0 Å². The van der Waals surface area contributed by atoms with Gasteiger partial charge in [-0.25, -0.2) is 4.79 Å². The molecule has 1 aliphatic heterocycles. The fraction of sp³-hybridized carbons (Fsp3) is 0.143. The standard InChI is InChI=1S/C7H6N2O2/c8-5-6-3-1-2-4-9(6)7(10)11/h1-4,6H,(H,10,11)/t6-/m0/s1. The average molecular weight is 150 g/mol. The van der Waals surface area contributed by atoms with Crippen molar-refractivity contribution in [1.29, 1.82) is 5.26 Å². The molecule has 0 aromatic carbocycles. The third-order valence-electron chi connectivity index (χ3n) is 1.30. The minimum absolute atomic E-state index is 0.683. The minimum atomic E-state index is -1.11. The number of nitrogens with zero attached hydrogens (tertiary/aromatic N) is 2. The molecule has 1 amide bonds. The first-order valence-electron chi connectivity index (χ1n) is 3.01. The van der Waals surface area contributed by atoms with E-state index in [9.17, 15) is 4.79 Å². The van der Waals surface area contributed by atoms with Crippen LogP contribution in [-0.2, 0) is 0 Å². The SMILES string of the molecule is N#C[C@@H]1C=CC=CN1C(=O)O. The molecule has 0 unspecified atom stereocenters. The highest BCUT2D eigenvalue weighted by Gasteiger charge is 2.18. The molecule has 4 nitrogen and oxygen atoms in total. The highest BCUT2D eigenvalue weighted by molar-refractivity contribution is 5.68. The summed E-state index contributed by atoms with van der Waals surface area (Å²) >= 11 is 0. The summed E-state index contributed by atoms with van der Waals surface area (Å²) in [5, 5.41) is 17.0. The molecule has 1 N–H and O–H groups in total. The summed E-state index contributed by atoms with van der Waals surface area (Å²) in [7, 11) is 0. The topological polar surface area (TPSA) is 64.3 Å². The Morgan fingerprint density at radius 2 is 2.36 bits per heavy atom. The number of allylic oxidation sites excluding steroid dienone is 2. The monoisotopic (exact) mass is 150 g/mol. The van der Waals surface area contributed by atoms with Crippen molar-refractivity contribution in [2.24, 2.45) is 0 Å². The summed E-state index contributed by atoms with van der Waals surface area (Å²) in [4.78, 5) is 11.4. The van der Waals surface area contributed by atoms with Crippen LogP contribution in [0.15, 0.2) is 24.4 Å². The van der Waals surface area contributed by atoms with Gasteiger partial charge in [-0.3, -0.25) is 4.90 Å². The molecule has 0 fully saturated rings. The van der Waals surface area contributed by atoms with E-state index in [1.807, 2.05) is 6.07 Å².